The van der Waals surface area contributed by atoms with Crippen LogP contribution in [0.5, 0.6) is 0 Å². The summed E-state index contributed by atoms with van der Waals surface area (Å²) >= 11 is 0. The molecule has 5 nitrogen and oxygen atoms in total. The molecule has 2 heterocycles. The summed E-state index contributed by atoms with van der Waals surface area (Å²) in [7, 11) is 0. The molecular formula is C14H20N4O. The Kier molecular flexibility index (Phi) is 4.04. The molecule has 0 spiro atoms. The van der Waals surface area contributed by atoms with Gasteiger partial charge < -0.3 is 5.32 Å². The van der Waals surface area contributed by atoms with Crippen LogP contribution in [-0.2, 0) is 6.54 Å². The van der Waals surface area contributed by atoms with Crippen LogP contribution in [0.25, 0.3) is 0 Å². The summed E-state index contributed by atoms with van der Waals surface area (Å²) in [5.41, 5.74) is 1.91. The largest absolute Gasteiger partial charge is 0.385 e. The first-order chi connectivity index (χ1) is 9.11. The van der Waals surface area contributed by atoms with E-state index in [0.29, 0.717) is 6.54 Å². The Morgan fingerprint density at radius 3 is 2.79 bits per heavy atom. The van der Waals surface area contributed by atoms with Crippen molar-refractivity contribution in [2.24, 2.45) is 0 Å². The number of nitrogens with one attached hydrogen (secondary N) is 1. The van der Waals surface area contributed by atoms with E-state index in [4.69, 9.17) is 0 Å². The van der Waals surface area contributed by atoms with Gasteiger partial charge in [-0.05, 0) is 32.9 Å². The maximum atomic E-state index is 12.1. The van der Waals surface area contributed by atoms with Gasteiger partial charge in [0.05, 0.1) is 12.2 Å². The molecule has 0 amide bonds. The molecule has 0 fully saturated rings. The lowest BCUT2D eigenvalue weighted by molar-refractivity contribution is 0.560. The minimum atomic E-state index is 0.00523. The Bertz CT molecular complexity index is 597. The Morgan fingerprint density at radius 1 is 1.37 bits per heavy atom. The zero-order chi connectivity index (χ0) is 13.8. The van der Waals surface area contributed by atoms with Crippen LogP contribution in [0, 0.1) is 0 Å². The fourth-order valence-corrected chi connectivity index (χ4v) is 1.99. The maximum absolute atomic E-state index is 12.1. The van der Waals surface area contributed by atoms with E-state index in [9.17, 15) is 4.79 Å². The SMILES string of the molecule is CCNc1ccnc(Cn2ccn(C(C)C)c2=O)c1. The Labute approximate surface area is 112 Å². The highest BCUT2D eigenvalue weighted by molar-refractivity contribution is 5.42. The van der Waals surface area contributed by atoms with Crippen molar-refractivity contribution in [2.75, 3.05) is 11.9 Å². The minimum absolute atomic E-state index is 0.00523. The number of imidazole rings is 1. The first-order valence-electron chi connectivity index (χ1n) is 6.58. The summed E-state index contributed by atoms with van der Waals surface area (Å²) in [4.78, 5) is 16.4. The third-order valence-electron chi connectivity index (χ3n) is 2.96. The van der Waals surface area contributed by atoms with E-state index in [1.807, 2.05) is 45.3 Å². The second-order valence-corrected chi connectivity index (χ2v) is 4.78. The minimum Gasteiger partial charge on any atom is -0.385 e. The van der Waals surface area contributed by atoms with E-state index in [-0.39, 0.29) is 11.7 Å². The normalized spacial score (nSPS) is 10.9. The topological polar surface area (TPSA) is 51.9 Å². The maximum Gasteiger partial charge on any atom is 0.328 e. The van der Waals surface area contributed by atoms with Gasteiger partial charge >= 0.3 is 5.69 Å². The van der Waals surface area contributed by atoms with E-state index in [0.717, 1.165) is 17.9 Å². The molecule has 0 aliphatic heterocycles. The van der Waals surface area contributed by atoms with E-state index < -0.39 is 0 Å². The third-order valence-corrected chi connectivity index (χ3v) is 2.96. The summed E-state index contributed by atoms with van der Waals surface area (Å²) in [6, 6.07) is 4.08. The zero-order valence-corrected chi connectivity index (χ0v) is 11.6. The molecule has 2 rings (SSSR count). The summed E-state index contributed by atoms with van der Waals surface area (Å²) in [5, 5.41) is 3.24. The van der Waals surface area contributed by atoms with E-state index in [1.165, 1.54) is 0 Å². The molecule has 1 N–H and O–H groups in total. The van der Waals surface area contributed by atoms with Crippen molar-refractivity contribution >= 4 is 5.69 Å². The molecule has 0 saturated heterocycles. The van der Waals surface area contributed by atoms with Crippen molar-refractivity contribution < 1.29 is 0 Å². The molecule has 19 heavy (non-hydrogen) atoms. The molecule has 2 aromatic heterocycles. The lowest BCUT2D eigenvalue weighted by Gasteiger charge is -2.07. The van der Waals surface area contributed by atoms with Crippen molar-refractivity contribution in [3.05, 3.63) is 46.9 Å². The highest BCUT2D eigenvalue weighted by Gasteiger charge is 2.07. The molecular weight excluding hydrogens is 240 g/mol. The molecule has 102 valence electrons. The molecule has 2 aromatic rings. The van der Waals surface area contributed by atoms with Crippen molar-refractivity contribution in [3.63, 3.8) is 0 Å². The zero-order valence-electron chi connectivity index (χ0n) is 11.6. The summed E-state index contributed by atoms with van der Waals surface area (Å²) < 4.78 is 3.40. The molecule has 0 radical (unpaired) electrons. The monoisotopic (exact) mass is 260 g/mol. The predicted molar refractivity (Wildman–Crippen MR) is 76.6 cm³/mol. The number of nitrogens with zero attached hydrogens (tertiary/aromatic N) is 3. The van der Waals surface area contributed by atoms with Crippen LogP contribution in [0.15, 0.2) is 35.5 Å². The van der Waals surface area contributed by atoms with Gasteiger partial charge in [-0.3, -0.25) is 14.1 Å². The van der Waals surface area contributed by atoms with E-state index >= 15 is 0 Å². The smallest absolute Gasteiger partial charge is 0.328 e. The van der Waals surface area contributed by atoms with Crippen molar-refractivity contribution in [1.29, 1.82) is 0 Å². The van der Waals surface area contributed by atoms with Crippen LogP contribution in [-0.4, -0.2) is 20.7 Å². The van der Waals surface area contributed by atoms with Gasteiger partial charge in [-0.25, -0.2) is 4.79 Å². The number of anilines is 1. The van der Waals surface area contributed by atoms with Gasteiger partial charge in [-0.15, -0.1) is 0 Å². The summed E-state index contributed by atoms with van der Waals surface area (Å²) in [6.45, 7) is 7.41. The van der Waals surface area contributed by atoms with Crippen LogP contribution in [0.3, 0.4) is 0 Å². The van der Waals surface area contributed by atoms with Crippen LogP contribution >= 0.6 is 0 Å². The van der Waals surface area contributed by atoms with Crippen molar-refractivity contribution in [1.82, 2.24) is 14.1 Å². The standard InChI is InChI=1S/C14H20N4O/c1-4-15-12-5-6-16-13(9-12)10-17-7-8-18(11(2)3)14(17)19/h5-9,11H,4,10H2,1-3H3,(H,15,16). The Morgan fingerprint density at radius 2 is 2.16 bits per heavy atom. The number of pyridine rings is 1. The van der Waals surface area contributed by atoms with E-state index in [2.05, 4.69) is 10.3 Å². The van der Waals surface area contributed by atoms with E-state index in [1.54, 1.807) is 15.3 Å². The molecule has 0 atom stereocenters. The van der Waals surface area contributed by atoms with Crippen LogP contribution in [0.2, 0.25) is 0 Å². The van der Waals surface area contributed by atoms with Gasteiger partial charge in [0.2, 0.25) is 0 Å². The van der Waals surface area contributed by atoms with Gasteiger partial charge in [0.15, 0.2) is 0 Å². The Hall–Kier alpha value is -2.04. The second-order valence-electron chi connectivity index (χ2n) is 4.78. The number of aromatic nitrogens is 3. The molecule has 0 bridgehead atoms. The van der Waals surface area contributed by atoms with Gasteiger partial charge in [0.25, 0.3) is 0 Å². The van der Waals surface area contributed by atoms with Gasteiger partial charge in [-0.1, -0.05) is 0 Å². The molecule has 0 unspecified atom stereocenters. The molecule has 0 saturated carbocycles. The average Bonchev–Trinajstić information content (AvgIpc) is 2.72. The second kappa shape index (κ2) is 5.73. The predicted octanol–water partition coefficient (Wildman–Crippen LogP) is 2.11. The quantitative estimate of drug-likeness (QED) is 0.895. The van der Waals surface area contributed by atoms with Gasteiger partial charge in [0, 0.05) is 36.9 Å². The van der Waals surface area contributed by atoms with Crippen LogP contribution < -0.4 is 11.0 Å². The number of rotatable bonds is 5. The highest BCUT2D eigenvalue weighted by atomic mass is 16.1. The summed E-state index contributed by atoms with van der Waals surface area (Å²) in [6.07, 6.45) is 5.39. The first kappa shape index (κ1) is 13.4. The third kappa shape index (κ3) is 3.05. The summed E-state index contributed by atoms with van der Waals surface area (Å²) in [5.74, 6) is 0. The molecule has 5 heteroatoms. The lowest BCUT2D eigenvalue weighted by Crippen LogP contribution is -2.25. The number of hydrogen-bond acceptors (Lipinski definition) is 3. The van der Waals surface area contributed by atoms with Crippen LogP contribution in [0.4, 0.5) is 5.69 Å². The van der Waals surface area contributed by atoms with Crippen LogP contribution in [0.1, 0.15) is 32.5 Å². The highest BCUT2D eigenvalue weighted by Crippen LogP contribution is 2.08. The fourth-order valence-electron chi connectivity index (χ4n) is 1.99. The fraction of sp³-hybridized carbons (Fsp3) is 0.429. The van der Waals surface area contributed by atoms with Crippen molar-refractivity contribution in [2.45, 2.75) is 33.4 Å². The Balaban J connectivity index is 2.21. The molecule has 0 aromatic carbocycles. The number of hydrogen-bond donors (Lipinski definition) is 1. The lowest BCUT2D eigenvalue weighted by atomic mass is 10.3. The van der Waals surface area contributed by atoms with Crippen molar-refractivity contribution in [3.8, 4) is 0 Å². The molecule has 0 aliphatic rings. The van der Waals surface area contributed by atoms with Gasteiger partial charge in [-0.2, -0.15) is 0 Å². The first-order valence-corrected chi connectivity index (χ1v) is 6.58. The average molecular weight is 260 g/mol. The molecule has 0 aliphatic carbocycles. The van der Waals surface area contributed by atoms with Gasteiger partial charge in [0.1, 0.15) is 0 Å².